The van der Waals surface area contributed by atoms with Crippen LogP contribution >= 0.6 is 0 Å². The number of benzene rings is 1. The molecule has 1 aromatic carbocycles. The van der Waals surface area contributed by atoms with Crippen molar-refractivity contribution in [2.24, 2.45) is 0 Å². The minimum atomic E-state index is -1.31. The number of aryl methyl sites for hydroxylation is 1. The number of carboxylic acids is 1. The number of hydrogen-bond donors (Lipinski definition) is 2. The molecule has 1 aromatic heterocycles. The lowest BCUT2D eigenvalue weighted by molar-refractivity contribution is 0.0694. The summed E-state index contributed by atoms with van der Waals surface area (Å²) < 4.78 is 15.6. The van der Waals surface area contributed by atoms with Crippen LogP contribution in [0.3, 0.4) is 0 Å². The number of halogens is 1. The summed E-state index contributed by atoms with van der Waals surface area (Å²) in [6.45, 7) is 1.93. The maximum Gasteiger partial charge on any atom is 0.341 e. The van der Waals surface area contributed by atoms with Gasteiger partial charge in [0.25, 0.3) is 0 Å². The molecule has 0 saturated heterocycles. The summed E-state index contributed by atoms with van der Waals surface area (Å²) in [4.78, 5) is 23.3. The van der Waals surface area contributed by atoms with Gasteiger partial charge in [0.2, 0.25) is 5.43 Å². The first-order valence-corrected chi connectivity index (χ1v) is 6.30. The second-order valence-corrected chi connectivity index (χ2v) is 5.12. The van der Waals surface area contributed by atoms with Gasteiger partial charge < -0.3 is 20.9 Å². The Morgan fingerprint density at radius 2 is 2.19 bits per heavy atom. The molecule has 1 atom stereocenters. The normalized spacial score (nSPS) is 16.6. The van der Waals surface area contributed by atoms with Gasteiger partial charge in [0.1, 0.15) is 11.4 Å². The maximum atomic E-state index is 13.8. The van der Waals surface area contributed by atoms with E-state index in [4.69, 9.17) is 10.8 Å². The van der Waals surface area contributed by atoms with E-state index in [1.54, 1.807) is 4.57 Å². The van der Waals surface area contributed by atoms with Crippen LogP contribution < -0.4 is 11.2 Å². The number of carbonyl (C=O) groups is 1. The number of anilines is 1. The Bertz CT molecular complexity index is 813. The standard InChI is InChI=1S/C14H13FN2O3.H2O/c1-6-2-3-7-11(16)10(15)4-8-12(7)17(6)5-9(13(8)18)14(19)20;/h4-6H,2-3,16H2,1H3,(H,19,20);1H2. The molecular formula is C14H15FN2O4. The topological polar surface area (TPSA) is 117 Å². The van der Waals surface area contributed by atoms with Crippen molar-refractivity contribution in [1.82, 2.24) is 4.57 Å². The quantitative estimate of drug-likeness (QED) is 0.766. The smallest absolute Gasteiger partial charge is 0.341 e. The van der Waals surface area contributed by atoms with Crippen LogP contribution in [0, 0.1) is 5.82 Å². The van der Waals surface area contributed by atoms with Gasteiger partial charge in [0.15, 0.2) is 0 Å². The highest BCUT2D eigenvalue weighted by molar-refractivity contribution is 5.95. The van der Waals surface area contributed by atoms with Crippen molar-refractivity contribution in [1.29, 1.82) is 0 Å². The number of pyridine rings is 1. The average molecular weight is 294 g/mol. The van der Waals surface area contributed by atoms with Crippen LogP contribution in [-0.4, -0.2) is 21.1 Å². The fraction of sp³-hybridized carbons (Fsp3) is 0.286. The monoisotopic (exact) mass is 294 g/mol. The molecular weight excluding hydrogens is 279 g/mol. The highest BCUT2D eigenvalue weighted by atomic mass is 19.1. The number of nitrogen functional groups attached to an aromatic ring is 1. The largest absolute Gasteiger partial charge is 0.477 e. The first kappa shape index (κ1) is 15.0. The fourth-order valence-electron chi connectivity index (χ4n) is 2.83. The molecule has 1 unspecified atom stereocenters. The second kappa shape index (κ2) is 4.85. The van der Waals surface area contributed by atoms with Crippen molar-refractivity contribution in [3.8, 4) is 0 Å². The van der Waals surface area contributed by atoms with Gasteiger partial charge >= 0.3 is 5.97 Å². The van der Waals surface area contributed by atoms with E-state index in [0.29, 0.717) is 17.5 Å². The van der Waals surface area contributed by atoms with Gasteiger partial charge in [-0.2, -0.15) is 0 Å². The summed E-state index contributed by atoms with van der Waals surface area (Å²) in [5.41, 5.74) is 5.92. The maximum absolute atomic E-state index is 13.8. The van der Waals surface area contributed by atoms with Crippen molar-refractivity contribution >= 4 is 22.6 Å². The Morgan fingerprint density at radius 3 is 2.81 bits per heavy atom. The summed E-state index contributed by atoms with van der Waals surface area (Å²) in [6.07, 6.45) is 2.63. The molecule has 0 aliphatic carbocycles. The Kier molecular flexibility index (Phi) is 3.46. The SMILES string of the molecule is CC1CCc2c(N)c(F)cc3c(=O)c(C(=O)O)cn1c23.O. The molecule has 3 rings (SSSR count). The molecule has 0 bridgehead atoms. The third-order valence-electron chi connectivity index (χ3n) is 3.93. The number of aromatic nitrogens is 1. The number of nitrogens with two attached hydrogens (primary N) is 1. The van der Waals surface area contributed by atoms with Gasteiger partial charge in [0.05, 0.1) is 11.2 Å². The van der Waals surface area contributed by atoms with Crippen molar-refractivity contribution in [3.05, 3.63) is 39.4 Å². The van der Waals surface area contributed by atoms with Gasteiger partial charge in [-0.25, -0.2) is 9.18 Å². The first-order chi connectivity index (χ1) is 9.41. The lowest BCUT2D eigenvalue weighted by atomic mass is 9.94. The van der Waals surface area contributed by atoms with Crippen LogP contribution in [0.1, 0.15) is 35.3 Å². The number of nitrogens with zero attached hydrogens (tertiary/aromatic N) is 1. The molecule has 0 radical (unpaired) electrons. The van der Waals surface area contributed by atoms with Gasteiger partial charge in [0, 0.05) is 23.2 Å². The van der Waals surface area contributed by atoms with Crippen LogP contribution in [0.25, 0.3) is 10.9 Å². The summed E-state index contributed by atoms with van der Waals surface area (Å²) in [5, 5.41) is 9.19. The zero-order valence-electron chi connectivity index (χ0n) is 11.3. The lowest BCUT2D eigenvalue weighted by Crippen LogP contribution is -2.24. The molecule has 7 heteroatoms. The minimum Gasteiger partial charge on any atom is -0.477 e. The number of aromatic carboxylic acids is 1. The second-order valence-electron chi connectivity index (χ2n) is 5.12. The molecule has 0 fully saturated rings. The number of rotatable bonds is 1. The van der Waals surface area contributed by atoms with E-state index in [9.17, 15) is 14.0 Å². The van der Waals surface area contributed by atoms with Gasteiger partial charge in [-0.3, -0.25) is 4.79 Å². The molecule has 2 heterocycles. The summed E-state index contributed by atoms with van der Waals surface area (Å²) >= 11 is 0. The molecule has 1 aliphatic heterocycles. The molecule has 0 saturated carbocycles. The molecule has 2 aromatic rings. The Balaban J connectivity index is 0.00000161. The van der Waals surface area contributed by atoms with E-state index < -0.39 is 17.2 Å². The summed E-state index contributed by atoms with van der Waals surface area (Å²) in [7, 11) is 0. The van der Waals surface area contributed by atoms with Crippen molar-refractivity contribution in [3.63, 3.8) is 0 Å². The third kappa shape index (κ3) is 1.97. The van der Waals surface area contributed by atoms with Crippen LogP contribution in [-0.2, 0) is 6.42 Å². The zero-order valence-corrected chi connectivity index (χ0v) is 11.3. The van der Waals surface area contributed by atoms with Crippen molar-refractivity contribution in [2.75, 3.05) is 5.73 Å². The van der Waals surface area contributed by atoms with E-state index in [-0.39, 0.29) is 28.2 Å². The van der Waals surface area contributed by atoms with Gasteiger partial charge in [-0.05, 0) is 25.8 Å². The van der Waals surface area contributed by atoms with E-state index in [0.717, 1.165) is 12.5 Å². The summed E-state index contributed by atoms with van der Waals surface area (Å²) in [6, 6.07) is 1.07. The lowest BCUT2D eigenvalue weighted by Gasteiger charge is -2.27. The van der Waals surface area contributed by atoms with E-state index >= 15 is 0 Å². The average Bonchev–Trinajstić information content (AvgIpc) is 2.39. The van der Waals surface area contributed by atoms with Crippen molar-refractivity contribution in [2.45, 2.75) is 25.8 Å². The van der Waals surface area contributed by atoms with E-state index in [1.165, 1.54) is 6.20 Å². The van der Waals surface area contributed by atoms with Crippen molar-refractivity contribution < 1.29 is 19.8 Å². The molecule has 112 valence electrons. The van der Waals surface area contributed by atoms with E-state index in [2.05, 4.69) is 0 Å². The summed E-state index contributed by atoms with van der Waals surface area (Å²) in [5.74, 6) is -1.98. The molecule has 21 heavy (non-hydrogen) atoms. The third-order valence-corrected chi connectivity index (χ3v) is 3.93. The predicted molar refractivity (Wildman–Crippen MR) is 76.2 cm³/mol. The fourth-order valence-corrected chi connectivity index (χ4v) is 2.83. The Hall–Kier alpha value is -2.41. The molecule has 0 spiro atoms. The van der Waals surface area contributed by atoms with Crippen LogP contribution in [0.4, 0.5) is 10.1 Å². The predicted octanol–water partition coefficient (Wildman–Crippen LogP) is 1.10. The van der Waals surface area contributed by atoms with Crippen LogP contribution in [0.2, 0.25) is 0 Å². The van der Waals surface area contributed by atoms with Crippen LogP contribution in [0.15, 0.2) is 17.1 Å². The molecule has 1 aliphatic rings. The zero-order chi connectivity index (χ0) is 14.6. The first-order valence-electron chi connectivity index (χ1n) is 6.30. The van der Waals surface area contributed by atoms with Gasteiger partial charge in [-0.1, -0.05) is 0 Å². The molecule has 0 amide bonds. The van der Waals surface area contributed by atoms with Gasteiger partial charge in [-0.15, -0.1) is 0 Å². The Morgan fingerprint density at radius 1 is 1.52 bits per heavy atom. The number of hydrogen-bond acceptors (Lipinski definition) is 3. The van der Waals surface area contributed by atoms with Crippen LogP contribution in [0.5, 0.6) is 0 Å². The van der Waals surface area contributed by atoms with E-state index in [1.807, 2.05) is 6.92 Å². The highest BCUT2D eigenvalue weighted by Gasteiger charge is 2.25. The number of carboxylic acid groups (broad SMARTS) is 1. The Labute approximate surface area is 118 Å². The minimum absolute atomic E-state index is 0. The molecule has 6 nitrogen and oxygen atoms in total. The molecule has 5 N–H and O–H groups in total. The highest BCUT2D eigenvalue weighted by Crippen LogP contribution is 2.34.